The lowest BCUT2D eigenvalue weighted by molar-refractivity contribution is 0.0846. The van der Waals surface area contributed by atoms with Gasteiger partial charge < -0.3 is 4.74 Å². The van der Waals surface area contributed by atoms with Crippen LogP contribution in [0.5, 0.6) is 5.75 Å². The van der Waals surface area contributed by atoms with Crippen molar-refractivity contribution in [1.29, 1.82) is 0 Å². The fourth-order valence-electron chi connectivity index (χ4n) is 2.26. The first-order valence-corrected chi connectivity index (χ1v) is 9.69. The highest BCUT2D eigenvalue weighted by atomic mass is 32.2. The van der Waals surface area contributed by atoms with Crippen molar-refractivity contribution in [3.63, 3.8) is 0 Å². The predicted molar refractivity (Wildman–Crippen MR) is 99.8 cm³/mol. The van der Waals surface area contributed by atoms with Crippen molar-refractivity contribution in [2.75, 3.05) is 7.11 Å². The maximum absolute atomic E-state index is 12.9. The number of hydrogen-bond acceptors (Lipinski definition) is 5. The Labute approximate surface area is 162 Å². The number of ether oxygens (including phenoxy) is 1. The van der Waals surface area contributed by atoms with Crippen molar-refractivity contribution in [2.24, 2.45) is 0 Å². The number of hydrazine groups is 1. The van der Waals surface area contributed by atoms with E-state index < -0.39 is 27.7 Å². The van der Waals surface area contributed by atoms with Crippen LogP contribution in [0.1, 0.15) is 34.6 Å². The Balaban J connectivity index is 2.18. The molecule has 0 heterocycles. The highest BCUT2D eigenvalue weighted by Crippen LogP contribution is 2.25. The van der Waals surface area contributed by atoms with Gasteiger partial charge in [-0.3, -0.25) is 20.4 Å². The number of nitrogens with one attached hydrogen (secondary N) is 3. The summed E-state index contributed by atoms with van der Waals surface area (Å²) in [5.41, 5.74) is 4.49. The number of rotatable bonds is 6. The average Bonchev–Trinajstić information content (AvgIpc) is 2.64. The molecule has 0 aliphatic rings. The Morgan fingerprint density at radius 3 is 2.04 bits per heavy atom. The number of halogens is 1. The van der Waals surface area contributed by atoms with Crippen LogP contribution in [0.25, 0.3) is 0 Å². The molecule has 3 N–H and O–H groups in total. The molecule has 28 heavy (non-hydrogen) atoms. The van der Waals surface area contributed by atoms with Gasteiger partial charge in [-0.1, -0.05) is 0 Å². The van der Waals surface area contributed by atoms with E-state index in [9.17, 15) is 22.4 Å². The number of amides is 2. The van der Waals surface area contributed by atoms with Crippen LogP contribution in [0.4, 0.5) is 4.39 Å². The summed E-state index contributed by atoms with van der Waals surface area (Å²) in [6, 6.07) is 8.21. The molecule has 0 fully saturated rings. The van der Waals surface area contributed by atoms with Gasteiger partial charge in [-0.05, 0) is 56.3 Å². The van der Waals surface area contributed by atoms with E-state index in [2.05, 4.69) is 15.6 Å². The largest absolute Gasteiger partial charge is 0.495 e. The minimum atomic E-state index is -3.91. The summed E-state index contributed by atoms with van der Waals surface area (Å²) in [5.74, 6) is -1.82. The smallest absolute Gasteiger partial charge is 0.269 e. The summed E-state index contributed by atoms with van der Waals surface area (Å²) in [6.45, 7) is 3.32. The molecule has 0 radical (unpaired) electrons. The molecule has 0 aliphatic heterocycles. The number of benzene rings is 2. The molecular weight excluding hydrogens is 389 g/mol. The number of sulfonamides is 1. The minimum Gasteiger partial charge on any atom is -0.495 e. The molecule has 0 unspecified atom stereocenters. The second kappa shape index (κ2) is 8.81. The molecule has 2 rings (SSSR count). The molecule has 0 saturated heterocycles. The number of carbonyl (C=O) groups excluding carboxylic acids is 2. The summed E-state index contributed by atoms with van der Waals surface area (Å²) < 4.78 is 45.3. The molecule has 0 aliphatic carbocycles. The van der Waals surface area contributed by atoms with E-state index in [4.69, 9.17) is 4.74 Å². The van der Waals surface area contributed by atoms with Crippen LogP contribution in [-0.2, 0) is 10.0 Å². The molecular formula is C18H20FN3O5S. The highest BCUT2D eigenvalue weighted by molar-refractivity contribution is 7.89. The normalized spacial score (nSPS) is 11.2. The zero-order chi connectivity index (χ0) is 20.9. The van der Waals surface area contributed by atoms with E-state index in [1.54, 1.807) is 13.8 Å². The second-order valence-electron chi connectivity index (χ2n) is 6.06. The van der Waals surface area contributed by atoms with Gasteiger partial charge in [0.1, 0.15) is 16.5 Å². The zero-order valence-corrected chi connectivity index (χ0v) is 16.3. The van der Waals surface area contributed by atoms with Crippen LogP contribution in [0.3, 0.4) is 0 Å². The van der Waals surface area contributed by atoms with Gasteiger partial charge in [-0.15, -0.1) is 0 Å². The Hall–Kier alpha value is -2.98. The van der Waals surface area contributed by atoms with Crippen molar-refractivity contribution in [1.82, 2.24) is 15.6 Å². The summed E-state index contributed by atoms with van der Waals surface area (Å²) in [4.78, 5) is 24.1. The Kier molecular flexibility index (Phi) is 6.71. The van der Waals surface area contributed by atoms with Crippen molar-refractivity contribution < 1.29 is 27.1 Å². The third-order valence-corrected chi connectivity index (χ3v) is 5.18. The van der Waals surface area contributed by atoms with Gasteiger partial charge in [0.25, 0.3) is 11.8 Å². The highest BCUT2D eigenvalue weighted by Gasteiger charge is 2.22. The molecule has 150 valence electrons. The van der Waals surface area contributed by atoms with E-state index in [-0.39, 0.29) is 27.8 Å². The monoisotopic (exact) mass is 409 g/mol. The van der Waals surface area contributed by atoms with Crippen LogP contribution in [-0.4, -0.2) is 33.4 Å². The van der Waals surface area contributed by atoms with E-state index >= 15 is 0 Å². The molecule has 0 atom stereocenters. The van der Waals surface area contributed by atoms with Crippen LogP contribution in [0.15, 0.2) is 47.4 Å². The summed E-state index contributed by atoms with van der Waals surface area (Å²) in [6.07, 6.45) is 0. The molecule has 0 bridgehead atoms. The maximum Gasteiger partial charge on any atom is 0.269 e. The first-order valence-electron chi connectivity index (χ1n) is 8.20. The van der Waals surface area contributed by atoms with Crippen LogP contribution in [0, 0.1) is 5.82 Å². The standard InChI is InChI=1S/C18H20FN3O5S/c1-11(2)22-28(25,26)16-10-13(6-9-15(16)27-3)18(24)21-20-17(23)12-4-7-14(19)8-5-12/h4-11,22H,1-3H3,(H,20,23)(H,21,24). The first-order chi connectivity index (χ1) is 13.1. The van der Waals surface area contributed by atoms with Gasteiger partial charge in [-0.2, -0.15) is 0 Å². The molecule has 8 nitrogen and oxygen atoms in total. The topological polar surface area (TPSA) is 114 Å². The lowest BCUT2D eigenvalue weighted by Crippen LogP contribution is -2.41. The molecule has 2 amide bonds. The predicted octanol–water partition coefficient (Wildman–Crippen LogP) is 1.60. The SMILES string of the molecule is COc1ccc(C(=O)NNC(=O)c2ccc(F)cc2)cc1S(=O)(=O)NC(C)C. The van der Waals surface area contributed by atoms with E-state index in [0.717, 1.165) is 18.2 Å². The summed E-state index contributed by atoms with van der Waals surface area (Å²) in [5, 5.41) is 0. The molecule has 2 aromatic rings. The number of methoxy groups -OCH3 is 1. The van der Waals surface area contributed by atoms with Crippen molar-refractivity contribution in [2.45, 2.75) is 24.8 Å². The average molecular weight is 409 g/mol. The Bertz CT molecular complexity index is 975. The number of carbonyl (C=O) groups is 2. The summed E-state index contributed by atoms with van der Waals surface area (Å²) in [7, 11) is -2.60. The van der Waals surface area contributed by atoms with Gasteiger partial charge >= 0.3 is 0 Å². The molecule has 2 aromatic carbocycles. The number of hydrogen-bond donors (Lipinski definition) is 3. The lowest BCUT2D eigenvalue weighted by Gasteiger charge is -2.14. The van der Waals surface area contributed by atoms with Crippen LogP contribution in [0.2, 0.25) is 0 Å². The Morgan fingerprint density at radius 1 is 0.964 bits per heavy atom. The van der Waals surface area contributed by atoms with Crippen LogP contribution < -0.4 is 20.3 Å². The van der Waals surface area contributed by atoms with E-state index in [1.807, 2.05) is 0 Å². The quantitative estimate of drug-likeness (QED) is 0.627. The first kappa shape index (κ1) is 21.3. The lowest BCUT2D eigenvalue weighted by atomic mass is 10.2. The van der Waals surface area contributed by atoms with Crippen molar-refractivity contribution >= 4 is 21.8 Å². The van der Waals surface area contributed by atoms with Gasteiger partial charge in [0.2, 0.25) is 10.0 Å². The maximum atomic E-state index is 12.9. The fraction of sp³-hybridized carbons (Fsp3) is 0.222. The molecule has 0 saturated carbocycles. The molecule has 10 heteroatoms. The zero-order valence-electron chi connectivity index (χ0n) is 15.4. The van der Waals surface area contributed by atoms with Crippen molar-refractivity contribution in [3.8, 4) is 5.75 Å². The third-order valence-electron chi connectivity index (χ3n) is 3.50. The molecule has 0 spiro atoms. The van der Waals surface area contributed by atoms with Crippen molar-refractivity contribution in [3.05, 3.63) is 59.4 Å². The van der Waals surface area contributed by atoms with Crippen LogP contribution >= 0.6 is 0 Å². The third kappa shape index (κ3) is 5.27. The van der Waals surface area contributed by atoms with Gasteiger partial charge in [-0.25, -0.2) is 17.5 Å². The van der Waals surface area contributed by atoms with E-state index in [0.29, 0.717) is 0 Å². The minimum absolute atomic E-state index is 0.00987. The second-order valence-corrected chi connectivity index (χ2v) is 7.74. The van der Waals surface area contributed by atoms with Gasteiger partial charge in [0.15, 0.2) is 0 Å². The van der Waals surface area contributed by atoms with E-state index in [1.165, 1.54) is 31.4 Å². The van der Waals surface area contributed by atoms with Gasteiger partial charge in [0.05, 0.1) is 7.11 Å². The van der Waals surface area contributed by atoms with Gasteiger partial charge in [0, 0.05) is 17.2 Å². The fourth-order valence-corrected chi connectivity index (χ4v) is 3.71. The summed E-state index contributed by atoms with van der Waals surface area (Å²) >= 11 is 0. The Morgan fingerprint density at radius 2 is 1.50 bits per heavy atom. The molecule has 0 aromatic heterocycles.